The number of hydrogen-bond acceptors (Lipinski definition) is 4. The minimum Gasteiger partial charge on any atom is -0.486 e. The number of carbonyl (C=O) groups excluding carboxylic acids is 1. The normalized spacial score (nSPS) is 13.0. The first-order valence-electron chi connectivity index (χ1n) is 6.81. The van der Waals surface area contributed by atoms with Crippen LogP contribution in [0.3, 0.4) is 0 Å². The Hall–Kier alpha value is -2.50. The van der Waals surface area contributed by atoms with Gasteiger partial charge >= 0.3 is 0 Å². The topological polar surface area (TPSA) is 65.4 Å². The summed E-state index contributed by atoms with van der Waals surface area (Å²) in [7, 11) is 1.83. The summed E-state index contributed by atoms with van der Waals surface area (Å²) >= 11 is 0. The van der Waals surface area contributed by atoms with Crippen molar-refractivity contribution in [3.63, 3.8) is 0 Å². The van der Waals surface area contributed by atoms with E-state index in [1.54, 1.807) is 22.9 Å². The number of fused-ring (bicyclic) bond motifs is 1. The van der Waals surface area contributed by atoms with Crippen molar-refractivity contribution in [1.29, 1.82) is 0 Å². The van der Waals surface area contributed by atoms with Gasteiger partial charge in [0.2, 0.25) is 5.91 Å². The fourth-order valence-electron chi connectivity index (χ4n) is 2.32. The van der Waals surface area contributed by atoms with Crippen LogP contribution in [0.2, 0.25) is 0 Å². The van der Waals surface area contributed by atoms with Gasteiger partial charge in [0.15, 0.2) is 11.5 Å². The SMILES string of the molecule is Cc1cc(CC(=O)Nc2ccc3c(c2)OCCO3)n(C)n1. The van der Waals surface area contributed by atoms with Gasteiger partial charge in [0, 0.05) is 24.5 Å². The number of amides is 1. The van der Waals surface area contributed by atoms with E-state index in [0.717, 1.165) is 11.4 Å². The van der Waals surface area contributed by atoms with Crippen LogP contribution >= 0.6 is 0 Å². The molecule has 0 aliphatic carbocycles. The van der Waals surface area contributed by atoms with E-state index in [-0.39, 0.29) is 12.3 Å². The third-order valence-corrected chi connectivity index (χ3v) is 3.27. The summed E-state index contributed by atoms with van der Waals surface area (Å²) in [5.41, 5.74) is 2.48. The summed E-state index contributed by atoms with van der Waals surface area (Å²) in [6.07, 6.45) is 0.284. The zero-order valence-electron chi connectivity index (χ0n) is 12.0. The third-order valence-electron chi connectivity index (χ3n) is 3.27. The van der Waals surface area contributed by atoms with E-state index in [4.69, 9.17) is 9.47 Å². The Labute approximate surface area is 122 Å². The summed E-state index contributed by atoms with van der Waals surface area (Å²) in [5, 5.41) is 7.09. The molecule has 0 saturated heterocycles. The predicted octanol–water partition coefficient (Wildman–Crippen LogP) is 1.68. The second-order valence-electron chi connectivity index (χ2n) is 4.98. The van der Waals surface area contributed by atoms with Crippen molar-refractivity contribution in [2.75, 3.05) is 18.5 Å². The Morgan fingerprint density at radius 1 is 1.29 bits per heavy atom. The number of nitrogens with zero attached hydrogens (tertiary/aromatic N) is 2. The molecule has 6 heteroatoms. The van der Waals surface area contributed by atoms with Gasteiger partial charge in [-0.15, -0.1) is 0 Å². The van der Waals surface area contributed by atoms with Crippen LogP contribution in [0.1, 0.15) is 11.4 Å². The van der Waals surface area contributed by atoms with Crippen molar-refractivity contribution in [2.24, 2.45) is 7.05 Å². The van der Waals surface area contributed by atoms with Crippen molar-refractivity contribution >= 4 is 11.6 Å². The van der Waals surface area contributed by atoms with Crippen molar-refractivity contribution in [2.45, 2.75) is 13.3 Å². The number of hydrogen-bond donors (Lipinski definition) is 1. The highest BCUT2D eigenvalue weighted by Gasteiger charge is 2.13. The maximum atomic E-state index is 12.1. The van der Waals surface area contributed by atoms with Gasteiger partial charge in [0.1, 0.15) is 13.2 Å². The highest BCUT2D eigenvalue weighted by atomic mass is 16.6. The molecule has 21 heavy (non-hydrogen) atoms. The quantitative estimate of drug-likeness (QED) is 0.933. The molecule has 1 N–H and O–H groups in total. The smallest absolute Gasteiger partial charge is 0.230 e. The molecule has 1 amide bonds. The molecule has 2 heterocycles. The Morgan fingerprint density at radius 2 is 2.05 bits per heavy atom. The Kier molecular flexibility index (Phi) is 3.51. The predicted molar refractivity (Wildman–Crippen MR) is 77.7 cm³/mol. The number of aromatic nitrogens is 2. The molecule has 2 aromatic rings. The van der Waals surface area contributed by atoms with Gasteiger partial charge in [-0.2, -0.15) is 5.10 Å². The maximum absolute atomic E-state index is 12.1. The Bertz CT molecular complexity index is 679. The number of carbonyl (C=O) groups is 1. The van der Waals surface area contributed by atoms with E-state index < -0.39 is 0 Å². The molecule has 0 unspecified atom stereocenters. The van der Waals surface area contributed by atoms with Gasteiger partial charge in [-0.1, -0.05) is 0 Å². The van der Waals surface area contributed by atoms with Crippen LogP contribution in [0.5, 0.6) is 11.5 Å². The molecule has 0 spiro atoms. The lowest BCUT2D eigenvalue weighted by atomic mass is 10.2. The molecule has 0 fully saturated rings. The van der Waals surface area contributed by atoms with Crippen LogP contribution in [0.4, 0.5) is 5.69 Å². The third kappa shape index (κ3) is 2.99. The number of ether oxygens (including phenoxy) is 2. The minimum absolute atomic E-state index is 0.0883. The van der Waals surface area contributed by atoms with Gasteiger partial charge < -0.3 is 14.8 Å². The van der Waals surface area contributed by atoms with E-state index >= 15 is 0 Å². The summed E-state index contributed by atoms with van der Waals surface area (Å²) in [6, 6.07) is 7.29. The second kappa shape index (κ2) is 5.47. The van der Waals surface area contributed by atoms with Crippen molar-refractivity contribution in [3.8, 4) is 11.5 Å². The van der Waals surface area contributed by atoms with Crippen LogP contribution in [0.15, 0.2) is 24.3 Å². The molecule has 6 nitrogen and oxygen atoms in total. The summed E-state index contributed by atoms with van der Waals surface area (Å²) < 4.78 is 12.7. The van der Waals surface area contributed by atoms with E-state index in [2.05, 4.69) is 10.4 Å². The van der Waals surface area contributed by atoms with Crippen LogP contribution in [0, 0.1) is 6.92 Å². The molecule has 0 radical (unpaired) electrons. The molecular formula is C15H17N3O3. The highest BCUT2D eigenvalue weighted by molar-refractivity contribution is 5.92. The van der Waals surface area contributed by atoms with Crippen molar-refractivity contribution in [3.05, 3.63) is 35.7 Å². The number of rotatable bonds is 3. The number of anilines is 1. The summed E-state index contributed by atoms with van der Waals surface area (Å²) in [4.78, 5) is 12.1. The van der Waals surface area contributed by atoms with Crippen LogP contribution in [-0.4, -0.2) is 28.9 Å². The lowest BCUT2D eigenvalue weighted by Gasteiger charge is -2.19. The molecule has 0 bridgehead atoms. The van der Waals surface area contributed by atoms with E-state index in [1.165, 1.54) is 0 Å². The first-order chi connectivity index (χ1) is 10.1. The molecule has 1 aliphatic rings. The Morgan fingerprint density at radius 3 is 2.76 bits per heavy atom. The van der Waals surface area contributed by atoms with Gasteiger partial charge in [-0.3, -0.25) is 9.48 Å². The first kappa shape index (κ1) is 13.5. The second-order valence-corrected chi connectivity index (χ2v) is 4.98. The van der Waals surface area contributed by atoms with Crippen molar-refractivity contribution < 1.29 is 14.3 Å². The van der Waals surface area contributed by atoms with Gasteiger partial charge in [0.25, 0.3) is 0 Å². The fourth-order valence-corrected chi connectivity index (χ4v) is 2.32. The molecule has 0 saturated carbocycles. The van der Waals surface area contributed by atoms with Crippen molar-refractivity contribution in [1.82, 2.24) is 9.78 Å². The molecule has 0 atom stereocenters. The number of nitrogens with one attached hydrogen (secondary N) is 1. The maximum Gasteiger partial charge on any atom is 0.230 e. The molecule has 110 valence electrons. The minimum atomic E-state index is -0.0883. The lowest BCUT2D eigenvalue weighted by Crippen LogP contribution is -2.18. The number of benzene rings is 1. The number of aryl methyl sites for hydroxylation is 2. The molecule has 1 aliphatic heterocycles. The fraction of sp³-hybridized carbons (Fsp3) is 0.333. The average Bonchev–Trinajstić information content (AvgIpc) is 2.76. The molecule has 1 aromatic carbocycles. The Balaban J connectivity index is 1.68. The van der Waals surface area contributed by atoms with Gasteiger partial charge in [-0.05, 0) is 25.1 Å². The average molecular weight is 287 g/mol. The van der Waals surface area contributed by atoms with Crippen LogP contribution in [-0.2, 0) is 18.3 Å². The summed E-state index contributed by atoms with van der Waals surface area (Å²) in [5.74, 6) is 1.28. The summed E-state index contributed by atoms with van der Waals surface area (Å²) in [6.45, 7) is 2.99. The van der Waals surface area contributed by atoms with E-state index in [0.29, 0.717) is 30.4 Å². The van der Waals surface area contributed by atoms with Gasteiger partial charge in [0.05, 0.1) is 12.1 Å². The zero-order chi connectivity index (χ0) is 14.8. The van der Waals surface area contributed by atoms with E-state index in [9.17, 15) is 4.79 Å². The first-order valence-corrected chi connectivity index (χ1v) is 6.81. The largest absolute Gasteiger partial charge is 0.486 e. The van der Waals surface area contributed by atoms with Crippen LogP contribution in [0.25, 0.3) is 0 Å². The van der Waals surface area contributed by atoms with Crippen LogP contribution < -0.4 is 14.8 Å². The lowest BCUT2D eigenvalue weighted by molar-refractivity contribution is -0.115. The monoisotopic (exact) mass is 287 g/mol. The van der Waals surface area contributed by atoms with Gasteiger partial charge in [-0.25, -0.2) is 0 Å². The van der Waals surface area contributed by atoms with E-state index in [1.807, 2.05) is 20.0 Å². The zero-order valence-corrected chi connectivity index (χ0v) is 12.0. The molecular weight excluding hydrogens is 270 g/mol. The molecule has 3 rings (SSSR count). The highest BCUT2D eigenvalue weighted by Crippen LogP contribution is 2.32. The molecule has 1 aromatic heterocycles. The standard InChI is InChI=1S/C15H17N3O3/c1-10-7-12(18(2)17-10)9-15(19)16-11-3-4-13-14(8-11)21-6-5-20-13/h3-4,7-8H,5-6,9H2,1-2H3,(H,16,19).